The Morgan fingerprint density at radius 2 is 0.538 bits per heavy atom. The van der Waals surface area contributed by atoms with Gasteiger partial charge in [-0.2, -0.15) is 0 Å². The summed E-state index contributed by atoms with van der Waals surface area (Å²) >= 11 is 0. The molecule has 0 radical (unpaired) electrons. The van der Waals surface area contributed by atoms with E-state index in [1.807, 2.05) is 12.1 Å². The standard InChI is InChI=1S/C18H30O8/c1-19-15(20-2)11-9-13(17(23-5)24-6)14(18(25-7)26-8)10-12(11)16(21-3)22-4/h9-10,15-18H,1-8H3. The zero-order valence-corrected chi connectivity index (χ0v) is 16.7. The zero-order chi connectivity index (χ0) is 19.7. The van der Waals surface area contributed by atoms with E-state index in [4.69, 9.17) is 37.9 Å². The number of ether oxygens (including phenoxy) is 8. The van der Waals surface area contributed by atoms with Gasteiger partial charge in [-0.25, -0.2) is 0 Å². The average Bonchev–Trinajstić information content (AvgIpc) is 2.67. The SMILES string of the molecule is COC(OC)c1cc(C(OC)OC)c(C(OC)OC)cc1C(OC)OC. The molecule has 0 heterocycles. The first-order chi connectivity index (χ1) is 12.6. The van der Waals surface area contributed by atoms with Gasteiger partial charge in [0.05, 0.1) is 0 Å². The van der Waals surface area contributed by atoms with Crippen molar-refractivity contribution in [1.29, 1.82) is 0 Å². The molecule has 1 rings (SSSR count). The van der Waals surface area contributed by atoms with Crippen molar-refractivity contribution in [2.75, 3.05) is 56.9 Å². The molecule has 8 heteroatoms. The van der Waals surface area contributed by atoms with Gasteiger partial charge in [0.1, 0.15) is 0 Å². The summed E-state index contributed by atoms with van der Waals surface area (Å²) in [6.45, 7) is 0. The van der Waals surface area contributed by atoms with Crippen molar-refractivity contribution in [2.24, 2.45) is 0 Å². The van der Waals surface area contributed by atoms with E-state index >= 15 is 0 Å². The first kappa shape index (κ1) is 22.9. The highest BCUT2D eigenvalue weighted by atomic mass is 16.7. The highest BCUT2D eigenvalue weighted by Gasteiger charge is 2.28. The van der Waals surface area contributed by atoms with Gasteiger partial charge in [0.2, 0.25) is 0 Å². The van der Waals surface area contributed by atoms with Crippen LogP contribution >= 0.6 is 0 Å². The van der Waals surface area contributed by atoms with E-state index in [2.05, 4.69) is 0 Å². The van der Waals surface area contributed by atoms with Crippen LogP contribution < -0.4 is 0 Å². The van der Waals surface area contributed by atoms with E-state index in [1.54, 1.807) is 56.9 Å². The summed E-state index contributed by atoms with van der Waals surface area (Å²) in [4.78, 5) is 0. The fourth-order valence-corrected chi connectivity index (χ4v) is 2.89. The van der Waals surface area contributed by atoms with Gasteiger partial charge in [0.25, 0.3) is 0 Å². The van der Waals surface area contributed by atoms with Crippen LogP contribution in [0.5, 0.6) is 0 Å². The fraction of sp³-hybridized carbons (Fsp3) is 0.667. The Hall–Kier alpha value is -1.10. The zero-order valence-electron chi connectivity index (χ0n) is 16.7. The van der Waals surface area contributed by atoms with E-state index in [-0.39, 0.29) is 0 Å². The third kappa shape index (κ3) is 4.99. The van der Waals surface area contributed by atoms with Gasteiger partial charge in [0, 0.05) is 79.1 Å². The second kappa shape index (κ2) is 11.6. The van der Waals surface area contributed by atoms with Gasteiger partial charge in [-0.15, -0.1) is 0 Å². The normalized spacial score (nSPS) is 12.2. The molecule has 1 aromatic rings. The molecule has 0 spiro atoms. The van der Waals surface area contributed by atoms with Gasteiger partial charge in [-0.05, 0) is 12.1 Å². The summed E-state index contributed by atoms with van der Waals surface area (Å²) < 4.78 is 43.5. The molecule has 0 atom stereocenters. The number of benzene rings is 1. The second-order valence-corrected chi connectivity index (χ2v) is 5.32. The summed E-state index contributed by atoms with van der Waals surface area (Å²) in [6.07, 6.45) is -2.54. The monoisotopic (exact) mass is 374 g/mol. The van der Waals surface area contributed by atoms with Gasteiger partial charge >= 0.3 is 0 Å². The molecule has 26 heavy (non-hydrogen) atoms. The molecule has 0 bridgehead atoms. The molecule has 0 aliphatic carbocycles. The molecule has 0 amide bonds. The van der Waals surface area contributed by atoms with Crippen molar-refractivity contribution in [2.45, 2.75) is 25.2 Å². The number of hydrogen-bond donors (Lipinski definition) is 0. The molecule has 0 aliphatic heterocycles. The molecule has 0 aliphatic rings. The van der Waals surface area contributed by atoms with Gasteiger partial charge in [0.15, 0.2) is 25.2 Å². The van der Waals surface area contributed by atoms with Crippen LogP contribution in [0.4, 0.5) is 0 Å². The quantitative estimate of drug-likeness (QED) is 0.517. The summed E-state index contributed by atoms with van der Waals surface area (Å²) in [5.74, 6) is 0. The Kier molecular flexibility index (Phi) is 10.2. The minimum atomic E-state index is -0.636. The van der Waals surface area contributed by atoms with Crippen LogP contribution in [-0.4, -0.2) is 56.9 Å². The molecular formula is C18H30O8. The largest absolute Gasteiger partial charge is 0.352 e. The topological polar surface area (TPSA) is 73.8 Å². The number of rotatable bonds is 12. The highest BCUT2D eigenvalue weighted by molar-refractivity contribution is 5.41. The molecule has 0 N–H and O–H groups in total. The van der Waals surface area contributed by atoms with Gasteiger partial charge in [-0.3, -0.25) is 0 Å². The van der Waals surface area contributed by atoms with Crippen LogP contribution in [0, 0.1) is 0 Å². The maximum absolute atomic E-state index is 5.44. The van der Waals surface area contributed by atoms with Crippen LogP contribution in [0.2, 0.25) is 0 Å². The maximum atomic E-state index is 5.44. The lowest BCUT2D eigenvalue weighted by Crippen LogP contribution is -2.19. The Morgan fingerprint density at radius 1 is 0.385 bits per heavy atom. The Balaban J connectivity index is 3.73. The summed E-state index contributed by atoms with van der Waals surface area (Å²) in [7, 11) is 12.4. The summed E-state index contributed by atoms with van der Waals surface area (Å²) in [5, 5.41) is 0. The predicted octanol–water partition coefficient (Wildman–Crippen LogP) is 2.85. The molecular weight excluding hydrogens is 344 g/mol. The van der Waals surface area contributed by atoms with E-state index in [1.165, 1.54) is 0 Å². The van der Waals surface area contributed by atoms with E-state index < -0.39 is 25.2 Å². The molecule has 8 nitrogen and oxygen atoms in total. The van der Waals surface area contributed by atoms with Crippen molar-refractivity contribution in [1.82, 2.24) is 0 Å². The van der Waals surface area contributed by atoms with Gasteiger partial charge in [-0.1, -0.05) is 0 Å². The van der Waals surface area contributed by atoms with Crippen LogP contribution in [0.25, 0.3) is 0 Å². The second-order valence-electron chi connectivity index (χ2n) is 5.32. The van der Waals surface area contributed by atoms with E-state index in [0.29, 0.717) is 22.3 Å². The smallest absolute Gasteiger partial charge is 0.183 e. The molecule has 0 saturated carbocycles. The fourth-order valence-electron chi connectivity index (χ4n) is 2.89. The molecule has 0 saturated heterocycles. The number of methoxy groups -OCH3 is 8. The molecule has 0 aromatic heterocycles. The summed E-state index contributed by atoms with van der Waals surface area (Å²) in [6, 6.07) is 3.71. The predicted molar refractivity (Wildman–Crippen MR) is 93.5 cm³/mol. The minimum absolute atomic E-state index is 0.636. The summed E-state index contributed by atoms with van der Waals surface area (Å²) in [5.41, 5.74) is 2.86. The molecule has 150 valence electrons. The number of hydrogen-bond acceptors (Lipinski definition) is 8. The highest BCUT2D eigenvalue weighted by Crippen LogP contribution is 2.37. The lowest BCUT2D eigenvalue weighted by molar-refractivity contribution is -0.130. The third-order valence-corrected chi connectivity index (χ3v) is 4.02. The van der Waals surface area contributed by atoms with Crippen LogP contribution in [0.15, 0.2) is 12.1 Å². The van der Waals surface area contributed by atoms with E-state index in [0.717, 1.165) is 0 Å². The first-order valence-electron chi connectivity index (χ1n) is 7.96. The Labute approximate surface area is 155 Å². The van der Waals surface area contributed by atoms with Crippen molar-refractivity contribution >= 4 is 0 Å². The minimum Gasteiger partial charge on any atom is -0.352 e. The van der Waals surface area contributed by atoms with Crippen molar-refractivity contribution in [3.05, 3.63) is 34.4 Å². The average molecular weight is 374 g/mol. The van der Waals surface area contributed by atoms with E-state index in [9.17, 15) is 0 Å². The van der Waals surface area contributed by atoms with Crippen molar-refractivity contribution in [3.63, 3.8) is 0 Å². The third-order valence-electron chi connectivity index (χ3n) is 4.02. The Morgan fingerprint density at radius 3 is 0.654 bits per heavy atom. The molecule has 0 fully saturated rings. The van der Waals surface area contributed by atoms with Crippen molar-refractivity contribution < 1.29 is 37.9 Å². The maximum Gasteiger partial charge on any atom is 0.183 e. The van der Waals surface area contributed by atoms with Crippen LogP contribution in [-0.2, 0) is 37.9 Å². The first-order valence-corrected chi connectivity index (χ1v) is 7.96. The van der Waals surface area contributed by atoms with Crippen molar-refractivity contribution in [3.8, 4) is 0 Å². The lowest BCUT2D eigenvalue weighted by atomic mass is 9.96. The van der Waals surface area contributed by atoms with Gasteiger partial charge < -0.3 is 37.9 Å². The molecule has 0 unspecified atom stereocenters. The van der Waals surface area contributed by atoms with Crippen LogP contribution in [0.3, 0.4) is 0 Å². The lowest BCUT2D eigenvalue weighted by Gasteiger charge is -2.28. The molecule has 1 aromatic carbocycles. The Bertz CT molecular complexity index is 430. The van der Waals surface area contributed by atoms with Crippen LogP contribution in [0.1, 0.15) is 47.4 Å².